The Bertz CT molecular complexity index is 533. The molecule has 2 aromatic carbocycles. The van der Waals surface area contributed by atoms with Gasteiger partial charge < -0.3 is 0 Å². The second kappa shape index (κ2) is 5.88. The first kappa shape index (κ1) is 14.3. The van der Waals surface area contributed by atoms with Crippen molar-refractivity contribution in [3.63, 3.8) is 0 Å². The van der Waals surface area contributed by atoms with E-state index in [1.165, 1.54) is 14.3 Å². The summed E-state index contributed by atoms with van der Waals surface area (Å²) in [5.74, 6) is 0. The third-order valence-electron chi connectivity index (χ3n) is 3.22. The average Bonchev–Trinajstić information content (AvgIpc) is 2.28. The minimum atomic E-state index is -0.0946. The van der Waals surface area contributed by atoms with Gasteiger partial charge in [0.2, 0.25) is 0 Å². The van der Waals surface area contributed by atoms with E-state index >= 15 is 0 Å². The fourth-order valence-corrected chi connectivity index (χ4v) is 6.74. The molecule has 0 aliphatic rings. The summed E-state index contributed by atoms with van der Waals surface area (Å²) in [5, 5.41) is 4.44. The van der Waals surface area contributed by atoms with Gasteiger partial charge in [-0.15, -0.1) is 0 Å². The molecule has 0 atom stereocenters. The summed E-state index contributed by atoms with van der Waals surface area (Å²) in [6.07, 6.45) is 0. The highest BCUT2D eigenvalue weighted by atomic mass is 127. The predicted octanol–water partition coefficient (Wildman–Crippen LogP) is 5.37. The number of benzene rings is 2. The zero-order valence-electron chi connectivity index (χ0n) is 11.4. The maximum atomic E-state index is 2.47. The van der Waals surface area contributed by atoms with Crippen molar-refractivity contribution in [3.05, 3.63) is 40.0 Å². The van der Waals surface area contributed by atoms with Crippen molar-refractivity contribution < 1.29 is 0 Å². The highest BCUT2D eigenvalue weighted by molar-refractivity contribution is 14.1. The summed E-state index contributed by atoms with van der Waals surface area (Å²) < 4.78 is 1.38. The summed E-state index contributed by atoms with van der Waals surface area (Å²) in [5.41, 5.74) is 1.48. The molecule has 2 aromatic rings. The Hall–Kier alpha value is -0.140. The van der Waals surface area contributed by atoms with Crippen LogP contribution in [0.15, 0.2) is 36.4 Å². The molecule has 96 valence electrons. The van der Waals surface area contributed by atoms with Crippen LogP contribution in [0.4, 0.5) is 0 Å². The van der Waals surface area contributed by atoms with Crippen LogP contribution in [-0.2, 0) is 0 Å². The Morgan fingerprint density at radius 1 is 0.889 bits per heavy atom. The lowest BCUT2D eigenvalue weighted by Crippen LogP contribution is -2.16. The Labute approximate surface area is 125 Å². The van der Waals surface area contributed by atoms with Gasteiger partial charge in [0.1, 0.15) is 0 Å². The van der Waals surface area contributed by atoms with Gasteiger partial charge >= 0.3 is 0 Å². The number of rotatable bonds is 3. The van der Waals surface area contributed by atoms with E-state index in [1.807, 2.05) is 0 Å². The van der Waals surface area contributed by atoms with Crippen LogP contribution in [-0.4, -0.2) is 11.3 Å². The van der Waals surface area contributed by atoms with Crippen molar-refractivity contribution >= 4 is 46.6 Å². The molecular weight excluding hydrogens is 350 g/mol. The molecule has 0 fully saturated rings. The highest BCUT2D eigenvalue weighted by Crippen LogP contribution is 2.46. The van der Waals surface area contributed by atoms with Gasteiger partial charge in [-0.25, -0.2) is 0 Å². The van der Waals surface area contributed by atoms with Crippen molar-refractivity contribution in [1.82, 2.24) is 0 Å². The molecule has 0 heterocycles. The fraction of sp³-hybridized carbons (Fsp3) is 0.375. The molecule has 0 aliphatic carbocycles. The van der Waals surface area contributed by atoms with Crippen LogP contribution in [0, 0.1) is 3.57 Å². The molecule has 18 heavy (non-hydrogen) atoms. The topological polar surface area (TPSA) is 0 Å². The van der Waals surface area contributed by atoms with Crippen LogP contribution in [0.2, 0.25) is 0 Å². The smallest absolute Gasteiger partial charge is 0.0215 e. The lowest BCUT2D eigenvalue weighted by Gasteiger charge is -2.27. The van der Waals surface area contributed by atoms with Crippen LogP contribution >= 0.6 is 30.5 Å². The van der Waals surface area contributed by atoms with Gasteiger partial charge in [0.25, 0.3) is 0 Å². The van der Waals surface area contributed by atoms with Crippen LogP contribution in [0.25, 0.3) is 10.8 Å². The summed E-state index contributed by atoms with van der Waals surface area (Å²) in [7, 11) is -0.0946. The Morgan fingerprint density at radius 2 is 1.44 bits per heavy atom. The van der Waals surface area contributed by atoms with Crippen molar-refractivity contribution in [1.29, 1.82) is 0 Å². The Morgan fingerprint density at radius 3 is 2.00 bits per heavy atom. The van der Waals surface area contributed by atoms with Crippen molar-refractivity contribution in [3.8, 4) is 0 Å². The van der Waals surface area contributed by atoms with E-state index in [0.29, 0.717) is 0 Å². The molecule has 0 N–H and O–H groups in total. The SMILES string of the molecule is CC(C)P(c1cccc2cccc(I)c12)C(C)C. The van der Waals surface area contributed by atoms with E-state index in [-0.39, 0.29) is 7.92 Å². The lowest BCUT2D eigenvalue weighted by atomic mass is 10.1. The Balaban J connectivity index is 2.70. The van der Waals surface area contributed by atoms with Crippen LogP contribution < -0.4 is 5.30 Å². The highest BCUT2D eigenvalue weighted by Gasteiger charge is 2.21. The first-order valence-electron chi connectivity index (χ1n) is 6.48. The molecule has 0 bridgehead atoms. The second-order valence-corrected chi connectivity index (χ2v) is 9.73. The van der Waals surface area contributed by atoms with Crippen LogP contribution in [0.3, 0.4) is 0 Å². The molecule has 0 amide bonds. The van der Waals surface area contributed by atoms with Crippen molar-refractivity contribution in [2.75, 3.05) is 0 Å². The van der Waals surface area contributed by atoms with Gasteiger partial charge in [-0.05, 0) is 50.7 Å². The molecular formula is C16H20IP. The molecule has 0 aliphatic heterocycles. The molecule has 0 radical (unpaired) electrons. The van der Waals surface area contributed by atoms with E-state index < -0.39 is 0 Å². The Kier molecular flexibility index (Phi) is 4.66. The molecule has 0 saturated carbocycles. The second-order valence-electron chi connectivity index (χ2n) is 5.21. The zero-order chi connectivity index (χ0) is 13.3. The summed E-state index contributed by atoms with van der Waals surface area (Å²) in [4.78, 5) is 0. The average molecular weight is 370 g/mol. The van der Waals surface area contributed by atoms with Crippen molar-refractivity contribution in [2.45, 2.75) is 39.0 Å². The summed E-state index contributed by atoms with van der Waals surface area (Å²) >= 11 is 2.47. The monoisotopic (exact) mass is 370 g/mol. The minimum Gasteiger partial charge on any atom is -0.0694 e. The van der Waals surface area contributed by atoms with E-state index in [2.05, 4.69) is 86.7 Å². The van der Waals surface area contributed by atoms with E-state index in [0.717, 1.165) is 11.3 Å². The van der Waals surface area contributed by atoms with Crippen LogP contribution in [0.5, 0.6) is 0 Å². The number of fused-ring (bicyclic) bond motifs is 1. The summed E-state index contributed by atoms with van der Waals surface area (Å²) in [6.45, 7) is 9.45. The fourth-order valence-electron chi connectivity index (χ4n) is 2.64. The lowest BCUT2D eigenvalue weighted by molar-refractivity contribution is 1.02. The van der Waals surface area contributed by atoms with E-state index in [1.54, 1.807) is 5.30 Å². The maximum absolute atomic E-state index is 2.47. The third kappa shape index (κ3) is 2.72. The van der Waals surface area contributed by atoms with Gasteiger partial charge in [0.15, 0.2) is 0 Å². The predicted molar refractivity (Wildman–Crippen MR) is 93.5 cm³/mol. The number of hydrogen-bond donors (Lipinski definition) is 0. The zero-order valence-corrected chi connectivity index (χ0v) is 14.5. The molecule has 2 heteroatoms. The first-order valence-corrected chi connectivity index (χ1v) is 9.04. The first-order chi connectivity index (χ1) is 8.52. The van der Waals surface area contributed by atoms with Gasteiger partial charge in [-0.1, -0.05) is 65.9 Å². The van der Waals surface area contributed by atoms with Gasteiger partial charge in [-0.3, -0.25) is 0 Å². The van der Waals surface area contributed by atoms with Gasteiger partial charge in [-0.2, -0.15) is 0 Å². The number of hydrogen-bond acceptors (Lipinski definition) is 0. The maximum Gasteiger partial charge on any atom is 0.0215 e. The van der Waals surface area contributed by atoms with Crippen molar-refractivity contribution in [2.24, 2.45) is 0 Å². The largest absolute Gasteiger partial charge is 0.0694 e. The summed E-state index contributed by atoms with van der Waals surface area (Å²) in [6, 6.07) is 13.4. The minimum absolute atomic E-state index is 0.0946. The molecule has 0 nitrogen and oxygen atoms in total. The number of halogens is 1. The molecule has 0 aromatic heterocycles. The molecule has 0 spiro atoms. The van der Waals surface area contributed by atoms with Gasteiger partial charge in [0, 0.05) is 8.96 Å². The van der Waals surface area contributed by atoms with E-state index in [4.69, 9.17) is 0 Å². The molecule has 0 saturated heterocycles. The quantitative estimate of drug-likeness (QED) is 0.504. The van der Waals surface area contributed by atoms with Crippen LogP contribution in [0.1, 0.15) is 27.7 Å². The van der Waals surface area contributed by atoms with Gasteiger partial charge in [0.05, 0.1) is 0 Å². The third-order valence-corrected chi connectivity index (χ3v) is 7.28. The molecule has 2 rings (SSSR count). The van der Waals surface area contributed by atoms with E-state index in [9.17, 15) is 0 Å². The molecule has 0 unspecified atom stereocenters. The standard InChI is InChI=1S/C16H20IP/c1-11(2)18(12(3)4)15-10-6-8-13-7-5-9-14(17)16(13)15/h5-12H,1-4H3. The normalized spacial score (nSPS) is 12.0.